The number of carbonyl (C=O) groups is 1. The predicted octanol–water partition coefficient (Wildman–Crippen LogP) is 1.93. The number of amides is 1. The number of primary amides is 1. The number of rotatable bonds is 5. The van der Waals surface area contributed by atoms with Gasteiger partial charge in [-0.1, -0.05) is 37.5 Å². The number of anilines is 1. The Bertz CT molecular complexity index is 693. The molecule has 1 heterocycles. The van der Waals surface area contributed by atoms with E-state index in [1.54, 1.807) is 6.08 Å². The van der Waals surface area contributed by atoms with Gasteiger partial charge in [0.1, 0.15) is 11.5 Å². The Morgan fingerprint density at radius 3 is 2.72 bits per heavy atom. The van der Waals surface area contributed by atoms with E-state index >= 15 is 0 Å². The van der Waals surface area contributed by atoms with E-state index in [9.17, 15) is 4.79 Å². The minimum atomic E-state index is -1.14. The Morgan fingerprint density at radius 1 is 1.28 bits per heavy atom. The summed E-state index contributed by atoms with van der Waals surface area (Å²) < 4.78 is 0. The Labute approximate surface area is 148 Å². The molecule has 0 unspecified atom stereocenters. The fourth-order valence-electron chi connectivity index (χ4n) is 3.64. The van der Waals surface area contributed by atoms with Crippen LogP contribution in [0.3, 0.4) is 0 Å². The minimum Gasteiger partial charge on any atom is -0.383 e. The molecule has 1 amide bonds. The van der Waals surface area contributed by atoms with Crippen LogP contribution in [-0.2, 0) is 4.79 Å². The number of aromatic nitrogens is 1. The second kappa shape index (κ2) is 7.27. The zero-order chi connectivity index (χ0) is 17.9. The molecule has 0 bridgehead atoms. The zero-order valence-corrected chi connectivity index (χ0v) is 14.7. The van der Waals surface area contributed by atoms with Gasteiger partial charge in [-0.2, -0.15) is 0 Å². The maximum atomic E-state index is 12.0. The molecular weight excluding hydrogens is 314 g/mol. The lowest BCUT2D eigenvalue weighted by Crippen LogP contribution is -2.63. The number of pyridine rings is 1. The second-order valence-electron chi connectivity index (χ2n) is 6.98. The molecule has 0 aliphatic heterocycles. The molecule has 3 rings (SSSR count). The van der Waals surface area contributed by atoms with E-state index in [1.807, 2.05) is 37.3 Å². The number of hydrogen-bond donors (Lipinski definition) is 4. The molecule has 2 atom stereocenters. The number of nitrogens with two attached hydrogens (primary N) is 2. The molecular formula is C19H27N5O. The first kappa shape index (κ1) is 17.5. The van der Waals surface area contributed by atoms with Crippen LogP contribution in [0.4, 0.5) is 5.82 Å². The van der Waals surface area contributed by atoms with Gasteiger partial charge in [-0.15, -0.1) is 0 Å². The fourth-order valence-corrected chi connectivity index (χ4v) is 3.64. The third-order valence-corrected chi connectivity index (χ3v) is 5.00. The van der Waals surface area contributed by atoms with E-state index in [-0.39, 0.29) is 0 Å². The lowest BCUT2D eigenvalue weighted by Gasteiger charge is -2.41. The Kier molecular flexibility index (Phi) is 5.08. The molecule has 134 valence electrons. The molecule has 6 N–H and O–H groups in total. The van der Waals surface area contributed by atoms with Crippen LogP contribution >= 0.6 is 0 Å². The lowest BCUT2D eigenvalue weighted by atomic mass is 9.84. The number of aryl methyl sites for hydroxylation is 1. The second-order valence-corrected chi connectivity index (χ2v) is 6.98. The van der Waals surface area contributed by atoms with Gasteiger partial charge >= 0.3 is 0 Å². The highest BCUT2D eigenvalue weighted by Crippen LogP contribution is 2.30. The van der Waals surface area contributed by atoms with Gasteiger partial charge in [-0.05, 0) is 38.0 Å². The normalized spacial score (nSPS) is 26.8. The topological polar surface area (TPSA) is 106 Å². The Hall–Kier alpha value is -2.34. The van der Waals surface area contributed by atoms with Crippen molar-refractivity contribution in [3.8, 4) is 0 Å². The molecule has 25 heavy (non-hydrogen) atoms. The molecule has 1 fully saturated rings. The summed E-state index contributed by atoms with van der Waals surface area (Å²) in [5.41, 5.74) is 12.9. The molecule has 6 heteroatoms. The molecule has 1 aromatic heterocycles. The van der Waals surface area contributed by atoms with Crippen molar-refractivity contribution in [1.82, 2.24) is 10.3 Å². The van der Waals surface area contributed by atoms with E-state index in [0.29, 0.717) is 11.9 Å². The van der Waals surface area contributed by atoms with Gasteiger partial charge < -0.3 is 22.1 Å². The first-order valence-electron chi connectivity index (χ1n) is 8.94. The van der Waals surface area contributed by atoms with E-state index in [4.69, 9.17) is 11.5 Å². The van der Waals surface area contributed by atoms with Crippen molar-refractivity contribution in [1.29, 1.82) is 0 Å². The summed E-state index contributed by atoms with van der Waals surface area (Å²) in [6.45, 7) is 1.91. The monoisotopic (exact) mass is 341 g/mol. The van der Waals surface area contributed by atoms with Gasteiger partial charge in [0.05, 0.1) is 11.6 Å². The highest BCUT2D eigenvalue weighted by atomic mass is 16.1. The molecule has 2 aliphatic carbocycles. The molecule has 0 aromatic carbocycles. The van der Waals surface area contributed by atoms with Gasteiger partial charge in [-0.3, -0.25) is 4.79 Å². The summed E-state index contributed by atoms with van der Waals surface area (Å²) in [7, 11) is 0. The van der Waals surface area contributed by atoms with Crippen LogP contribution in [0, 0.1) is 12.8 Å². The minimum absolute atomic E-state index is 0.371. The average Bonchev–Trinajstić information content (AvgIpc) is 2.57. The lowest BCUT2D eigenvalue weighted by molar-refractivity contribution is -0.121. The molecule has 0 radical (unpaired) electrons. The fraction of sp³-hybridized carbons (Fsp3) is 0.474. The maximum Gasteiger partial charge on any atom is 0.228 e. The van der Waals surface area contributed by atoms with Gasteiger partial charge in [0.15, 0.2) is 0 Å². The van der Waals surface area contributed by atoms with Crippen LogP contribution in [0.5, 0.6) is 0 Å². The molecule has 2 aliphatic rings. The van der Waals surface area contributed by atoms with Crippen molar-refractivity contribution in [3.05, 3.63) is 47.8 Å². The Morgan fingerprint density at radius 2 is 2.04 bits per heavy atom. The van der Waals surface area contributed by atoms with Crippen molar-refractivity contribution in [3.63, 3.8) is 0 Å². The molecule has 1 saturated carbocycles. The standard InChI is InChI=1S/C19H27N5O/c1-13-7-5-12-17(22-13)24-19(21)15(18(20)25)10-6-11-16(19)23-14-8-3-2-4-9-14/h5-7,10-12,14-15,23H,2-4,8-9,21H2,1H3,(H2,20,25)(H,22,24)/t15-,19-/m0/s1. The largest absolute Gasteiger partial charge is 0.383 e. The Balaban J connectivity index is 1.88. The van der Waals surface area contributed by atoms with Crippen molar-refractivity contribution < 1.29 is 4.79 Å². The van der Waals surface area contributed by atoms with Crippen LogP contribution < -0.4 is 22.1 Å². The van der Waals surface area contributed by atoms with Crippen LogP contribution in [-0.4, -0.2) is 22.6 Å². The predicted molar refractivity (Wildman–Crippen MR) is 99.4 cm³/mol. The van der Waals surface area contributed by atoms with Crippen LogP contribution in [0.1, 0.15) is 37.8 Å². The number of hydrogen-bond acceptors (Lipinski definition) is 5. The quantitative estimate of drug-likeness (QED) is 0.612. The van der Waals surface area contributed by atoms with Gasteiger partial charge in [-0.25, -0.2) is 4.98 Å². The number of nitrogens with one attached hydrogen (secondary N) is 2. The smallest absolute Gasteiger partial charge is 0.228 e. The summed E-state index contributed by atoms with van der Waals surface area (Å²) in [6.07, 6.45) is 11.4. The average molecular weight is 341 g/mol. The van der Waals surface area contributed by atoms with E-state index in [1.165, 1.54) is 19.3 Å². The van der Waals surface area contributed by atoms with Crippen LogP contribution in [0.25, 0.3) is 0 Å². The van der Waals surface area contributed by atoms with Crippen LogP contribution in [0.15, 0.2) is 42.1 Å². The number of nitrogens with zero attached hydrogens (tertiary/aromatic N) is 1. The van der Waals surface area contributed by atoms with Crippen LogP contribution in [0.2, 0.25) is 0 Å². The van der Waals surface area contributed by atoms with Crippen molar-refractivity contribution in [2.75, 3.05) is 5.32 Å². The molecule has 6 nitrogen and oxygen atoms in total. The maximum absolute atomic E-state index is 12.0. The third-order valence-electron chi connectivity index (χ3n) is 5.00. The van der Waals surface area contributed by atoms with Gasteiger partial charge in [0, 0.05) is 11.7 Å². The first-order chi connectivity index (χ1) is 12.0. The summed E-state index contributed by atoms with van der Waals surface area (Å²) in [5, 5.41) is 6.81. The first-order valence-corrected chi connectivity index (χ1v) is 8.94. The SMILES string of the molecule is Cc1cccc(N[C@]2(N)C(NC3CCCCC3)=CC=C[C@H]2C(N)=O)n1. The number of allylic oxidation sites excluding steroid dienone is 2. The van der Waals surface area contributed by atoms with E-state index < -0.39 is 17.5 Å². The van der Waals surface area contributed by atoms with Gasteiger partial charge in [0.2, 0.25) is 5.91 Å². The van der Waals surface area contributed by atoms with Crippen molar-refractivity contribution in [2.45, 2.75) is 50.7 Å². The molecule has 1 aromatic rings. The summed E-state index contributed by atoms with van der Waals surface area (Å²) >= 11 is 0. The highest BCUT2D eigenvalue weighted by molar-refractivity contribution is 5.82. The summed E-state index contributed by atoms with van der Waals surface area (Å²) in [5.74, 6) is -0.499. The molecule has 0 saturated heterocycles. The summed E-state index contributed by atoms with van der Waals surface area (Å²) in [4.78, 5) is 16.5. The summed E-state index contributed by atoms with van der Waals surface area (Å²) in [6, 6.07) is 6.04. The van der Waals surface area contributed by atoms with E-state index in [0.717, 1.165) is 24.2 Å². The van der Waals surface area contributed by atoms with Gasteiger partial charge in [0.25, 0.3) is 0 Å². The zero-order valence-electron chi connectivity index (χ0n) is 14.7. The van der Waals surface area contributed by atoms with E-state index in [2.05, 4.69) is 15.6 Å². The highest BCUT2D eigenvalue weighted by Gasteiger charge is 2.43. The number of carbonyl (C=O) groups excluding carboxylic acids is 1. The van der Waals surface area contributed by atoms with Crippen molar-refractivity contribution in [2.24, 2.45) is 17.4 Å². The third kappa shape index (κ3) is 3.85. The van der Waals surface area contributed by atoms with Crippen molar-refractivity contribution >= 4 is 11.7 Å². The molecule has 0 spiro atoms.